The van der Waals surface area contributed by atoms with Crippen LogP contribution >= 0.6 is 0 Å². The number of aromatic nitrogens is 2. The van der Waals surface area contributed by atoms with Gasteiger partial charge in [-0.3, -0.25) is 0 Å². The van der Waals surface area contributed by atoms with Crippen LogP contribution in [0.4, 0.5) is 10.2 Å². The van der Waals surface area contributed by atoms with Gasteiger partial charge in [0.1, 0.15) is 5.82 Å². The van der Waals surface area contributed by atoms with Gasteiger partial charge in [-0.15, -0.1) is 0 Å². The zero-order chi connectivity index (χ0) is 12.5. The highest BCUT2D eigenvalue weighted by atomic mass is 19.1. The summed E-state index contributed by atoms with van der Waals surface area (Å²) in [6.45, 7) is 4.14. The Bertz CT molecular complexity index is 437. The highest BCUT2D eigenvalue weighted by Crippen LogP contribution is 2.28. The van der Waals surface area contributed by atoms with E-state index in [4.69, 9.17) is 0 Å². The molecule has 0 aromatic carbocycles. The summed E-state index contributed by atoms with van der Waals surface area (Å²) >= 11 is 0. The summed E-state index contributed by atoms with van der Waals surface area (Å²) in [6.07, 6.45) is 6.00. The molecule has 2 aliphatic rings. The van der Waals surface area contributed by atoms with Crippen LogP contribution in [0.15, 0.2) is 6.20 Å². The third-order valence-corrected chi connectivity index (χ3v) is 4.03. The largest absolute Gasteiger partial charge is 0.365 e. The standard InChI is InChI=1S/C13H19FN4/c1-9-15-8-12(14)13(16-9)17-10-4-6-18-5-2-3-11(18)7-10/h8,10-11H,2-7H2,1H3,(H,15,16,17). The van der Waals surface area contributed by atoms with Crippen molar-refractivity contribution in [2.75, 3.05) is 18.4 Å². The molecular weight excluding hydrogens is 231 g/mol. The summed E-state index contributed by atoms with van der Waals surface area (Å²) in [5.41, 5.74) is 0. The fourth-order valence-electron chi connectivity index (χ4n) is 3.11. The fraction of sp³-hybridized carbons (Fsp3) is 0.692. The predicted molar refractivity (Wildman–Crippen MR) is 68.0 cm³/mol. The number of aryl methyl sites for hydroxylation is 1. The topological polar surface area (TPSA) is 41.1 Å². The SMILES string of the molecule is Cc1ncc(F)c(NC2CCN3CCCC3C2)n1. The van der Waals surface area contributed by atoms with Gasteiger partial charge in [0, 0.05) is 18.6 Å². The molecule has 1 N–H and O–H groups in total. The van der Waals surface area contributed by atoms with E-state index in [0.29, 0.717) is 23.7 Å². The van der Waals surface area contributed by atoms with E-state index in [0.717, 1.165) is 19.4 Å². The Kier molecular flexibility index (Phi) is 3.16. The number of hydrogen-bond donors (Lipinski definition) is 1. The summed E-state index contributed by atoms with van der Waals surface area (Å²) < 4.78 is 13.6. The lowest BCUT2D eigenvalue weighted by molar-refractivity contribution is 0.187. The number of halogens is 1. The first-order valence-corrected chi connectivity index (χ1v) is 6.72. The van der Waals surface area contributed by atoms with Crippen molar-refractivity contribution in [2.45, 2.75) is 44.7 Å². The predicted octanol–water partition coefficient (Wildman–Crippen LogP) is 1.96. The van der Waals surface area contributed by atoms with Gasteiger partial charge in [0.05, 0.1) is 6.20 Å². The van der Waals surface area contributed by atoms with Crippen LogP contribution in [0, 0.1) is 12.7 Å². The van der Waals surface area contributed by atoms with E-state index in [1.54, 1.807) is 6.92 Å². The zero-order valence-electron chi connectivity index (χ0n) is 10.7. The smallest absolute Gasteiger partial charge is 0.183 e. The minimum absolute atomic E-state index is 0.341. The first-order chi connectivity index (χ1) is 8.72. The molecule has 1 aromatic rings. The summed E-state index contributed by atoms with van der Waals surface area (Å²) in [5, 5.41) is 3.25. The third-order valence-electron chi connectivity index (χ3n) is 4.03. The van der Waals surface area contributed by atoms with E-state index in [1.165, 1.54) is 25.6 Å². The summed E-state index contributed by atoms with van der Waals surface area (Å²) in [6, 6.07) is 1.02. The third kappa shape index (κ3) is 2.32. The molecule has 3 rings (SSSR count). The average Bonchev–Trinajstić information content (AvgIpc) is 2.81. The first kappa shape index (κ1) is 11.8. The molecule has 0 aliphatic carbocycles. The fourth-order valence-corrected chi connectivity index (χ4v) is 3.11. The number of nitrogens with one attached hydrogen (secondary N) is 1. The van der Waals surface area contributed by atoms with Gasteiger partial charge in [-0.25, -0.2) is 14.4 Å². The van der Waals surface area contributed by atoms with Gasteiger partial charge in [-0.1, -0.05) is 0 Å². The number of hydrogen-bond acceptors (Lipinski definition) is 4. The molecule has 1 aromatic heterocycles. The highest BCUT2D eigenvalue weighted by molar-refractivity contribution is 5.36. The van der Waals surface area contributed by atoms with E-state index >= 15 is 0 Å². The molecule has 2 atom stereocenters. The summed E-state index contributed by atoms with van der Waals surface area (Å²) in [5.74, 6) is 0.616. The molecule has 98 valence electrons. The number of nitrogens with zero attached hydrogens (tertiary/aromatic N) is 3. The molecule has 3 heterocycles. The van der Waals surface area contributed by atoms with Crippen molar-refractivity contribution in [2.24, 2.45) is 0 Å². The number of piperidine rings is 1. The molecule has 0 amide bonds. The second-order valence-electron chi connectivity index (χ2n) is 5.31. The van der Waals surface area contributed by atoms with Gasteiger partial charge in [0.15, 0.2) is 11.6 Å². The second kappa shape index (κ2) is 4.80. The minimum atomic E-state index is -0.352. The maximum Gasteiger partial charge on any atom is 0.183 e. The maximum atomic E-state index is 13.6. The number of fused-ring (bicyclic) bond motifs is 1. The molecule has 2 unspecified atom stereocenters. The molecule has 4 nitrogen and oxygen atoms in total. The molecule has 5 heteroatoms. The normalized spacial score (nSPS) is 28.1. The number of anilines is 1. The molecule has 0 radical (unpaired) electrons. The van der Waals surface area contributed by atoms with Crippen LogP contribution in [0.5, 0.6) is 0 Å². The Balaban J connectivity index is 1.67. The molecule has 0 saturated carbocycles. The van der Waals surface area contributed by atoms with Crippen LogP contribution in [0.3, 0.4) is 0 Å². The Hall–Kier alpha value is -1.23. The molecule has 2 fully saturated rings. The van der Waals surface area contributed by atoms with Crippen molar-refractivity contribution >= 4 is 5.82 Å². The van der Waals surface area contributed by atoms with E-state index in [-0.39, 0.29) is 5.82 Å². The van der Waals surface area contributed by atoms with Crippen LogP contribution in [0.25, 0.3) is 0 Å². The van der Waals surface area contributed by atoms with Crippen molar-refractivity contribution in [3.8, 4) is 0 Å². The lowest BCUT2D eigenvalue weighted by Crippen LogP contribution is -2.43. The molecule has 2 aliphatic heterocycles. The molecule has 0 bridgehead atoms. The molecular formula is C13H19FN4. The zero-order valence-corrected chi connectivity index (χ0v) is 10.7. The minimum Gasteiger partial charge on any atom is -0.365 e. The van der Waals surface area contributed by atoms with Crippen molar-refractivity contribution in [1.82, 2.24) is 14.9 Å². The monoisotopic (exact) mass is 250 g/mol. The summed E-state index contributed by atoms with van der Waals surface area (Å²) in [4.78, 5) is 10.5. The Labute approximate surface area is 107 Å². The average molecular weight is 250 g/mol. The second-order valence-corrected chi connectivity index (χ2v) is 5.31. The lowest BCUT2D eigenvalue weighted by Gasteiger charge is -2.35. The van der Waals surface area contributed by atoms with Gasteiger partial charge in [-0.2, -0.15) is 0 Å². The van der Waals surface area contributed by atoms with Crippen molar-refractivity contribution in [1.29, 1.82) is 0 Å². The van der Waals surface area contributed by atoms with Gasteiger partial charge >= 0.3 is 0 Å². The van der Waals surface area contributed by atoms with Crippen molar-refractivity contribution in [3.05, 3.63) is 17.8 Å². The molecule has 18 heavy (non-hydrogen) atoms. The van der Waals surface area contributed by atoms with E-state index in [1.807, 2.05) is 0 Å². The van der Waals surface area contributed by atoms with Crippen LogP contribution in [-0.4, -0.2) is 40.0 Å². The molecule has 0 spiro atoms. The Morgan fingerprint density at radius 2 is 2.28 bits per heavy atom. The highest BCUT2D eigenvalue weighted by Gasteiger charge is 2.31. The van der Waals surface area contributed by atoms with E-state index in [9.17, 15) is 4.39 Å². The van der Waals surface area contributed by atoms with Gasteiger partial charge < -0.3 is 10.2 Å². The Morgan fingerprint density at radius 1 is 1.39 bits per heavy atom. The van der Waals surface area contributed by atoms with E-state index < -0.39 is 0 Å². The molecule has 2 saturated heterocycles. The quantitative estimate of drug-likeness (QED) is 0.871. The van der Waals surface area contributed by atoms with Gasteiger partial charge in [0.2, 0.25) is 0 Å². The van der Waals surface area contributed by atoms with Crippen molar-refractivity contribution < 1.29 is 4.39 Å². The summed E-state index contributed by atoms with van der Waals surface area (Å²) in [7, 11) is 0. The Morgan fingerprint density at radius 3 is 3.17 bits per heavy atom. The van der Waals surface area contributed by atoms with Crippen LogP contribution in [0.1, 0.15) is 31.5 Å². The van der Waals surface area contributed by atoms with Crippen molar-refractivity contribution in [3.63, 3.8) is 0 Å². The van der Waals surface area contributed by atoms with Crippen LogP contribution in [-0.2, 0) is 0 Å². The van der Waals surface area contributed by atoms with Gasteiger partial charge in [0.25, 0.3) is 0 Å². The maximum absolute atomic E-state index is 13.6. The van der Waals surface area contributed by atoms with E-state index in [2.05, 4.69) is 20.2 Å². The van der Waals surface area contributed by atoms with Gasteiger partial charge in [-0.05, 0) is 39.2 Å². The van der Waals surface area contributed by atoms with Crippen LogP contribution in [0.2, 0.25) is 0 Å². The number of rotatable bonds is 2. The lowest BCUT2D eigenvalue weighted by atomic mass is 9.97. The first-order valence-electron chi connectivity index (χ1n) is 6.72. The van der Waals surface area contributed by atoms with Crippen LogP contribution < -0.4 is 5.32 Å².